The number of hydrogen-bond donors (Lipinski definition) is 1. The maximum absolute atomic E-state index is 5.92. The van der Waals surface area contributed by atoms with Crippen LogP contribution in [0.5, 0.6) is 0 Å². The quantitative estimate of drug-likeness (QED) is 0.910. The summed E-state index contributed by atoms with van der Waals surface area (Å²) in [5.74, 6) is 0.451. The molecular weight excluding hydrogens is 264 g/mol. The van der Waals surface area contributed by atoms with E-state index in [0.717, 1.165) is 27.7 Å². The summed E-state index contributed by atoms with van der Waals surface area (Å²) >= 11 is 7.68. The van der Waals surface area contributed by atoms with Gasteiger partial charge in [0.05, 0.1) is 10.7 Å². The SMILES string of the molecule is Cc1nc(-c2ccc(Cl)cc2)c(C(C)CCN)s1. The van der Waals surface area contributed by atoms with Gasteiger partial charge in [-0.3, -0.25) is 0 Å². The lowest BCUT2D eigenvalue weighted by Gasteiger charge is -2.10. The van der Waals surface area contributed by atoms with Crippen molar-refractivity contribution in [1.29, 1.82) is 0 Å². The molecule has 0 fully saturated rings. The van der Waals surface area contributed by atoms with E-state index in [1.807, 2.05) is 31.2 Å². The third-order valence-corrected chi connectivity index (χ3v) is 4.38. The maximum atomic E-state index is 5.92. The van der Waals surface area contributed by atoms with Crippen molar-refractivity contribution in [2.24, 2.45) is 5.73 Å². The fourth-order valence-electron chi connectivity index (χ4n) is 1.97. The van der Waals surface area contributed by atoms with Crippen LogP contribution in [0.15, 0.2) is 24.3 Å². The maximum Gasteiger partial charge on any atom is 0.0904 e. The van der Waals surface area contributed by atoms with Crippen molar-refractivity contribution in [2.75, 3.05) is 6.54 Å². The van der Waals surface area contributed by atoms with E-state index >= 15 is 0 Å². The molecule has 0 aliphatic carbocycles. The van der Waals surface area contributed by atoms with E-state index in [-0.39, 0.29) is 0 Å². The summed E-state index contributed by atoms with van der Waals surface area (Å²) in [5.41, 5.74) is 7.86. The molecule has 1 unspecified atom stereocenters. The number of thiazole rings is 1. The first kappa shape index (κ1) is 13.5. The number of halogens is 1. The van der Waals surface area contributed by atoms with Crippen LogP contribution in [0.1, 0.15) is 29.1 Å². The number of nitrogens with zero attached hydrogens (tertiary/aromatic N) is 1. The predicted molar refractivity (Wildman–Crippen MR) is 79.4 cm³/mol. The molecule has 2 N–H and O–H groups in total. The molecule has 0 radical (unpaired) electrons. The van der Waals surface area contributed by atoms with Crippen LogP contribution in [-0.4, -0.2) is 11.5 Å². The highest BCUT2D eigenvalue weighted by Crippen LogP contribution is 2.35. The van der Waals surface area contributed by atoms with Gasteiger partial charge in [-0.05, 0) is 37.9 Å². The predicted octanol–water partition coefficient (Wildman–Crippen LogP) is 4.22. The number of rotatable bonds is 4. The van der Waals surface area contributed by atoms with Gasteiger partial charge in [-0.1, -0.05) is 30.7 Å². The molecule has 0 aliphatic heterocycles. The van der Waals surface area contributed by atoms with E-state index in [1.54, 1.807) is 11.3 Å². The molecule has 1 aromatic heterocycles. The molecule has 2 rings (SSSR count). The molecule has 1 atom stereocenters. The Labute approximate surface area is 117 Å². The Morgan fingerprint density at radius 1 is 1.33 bits per heavy atom. The molecule has 0 amide bonds. The molecule has 1 aromatic carbocycles. The molecule has 2 aromatic rings. The van der Waals surface area contributed by atoms with Gasteiger partial charge in [0, 0.05) is 15.5 Å². The largest absolute Gasteiger partial charge is 0.330 e. The van der Waals surface area contributed by atoms with E-state index in [1.165, 1.54) is 4.88 Å². The molecule has 96 valence electrons. The molecule has 2 nitrogen and oxygen atoms in total. The number of benzene rings is 1. The molecule has 18 heavy (non-hydrogen) atoms. The van der Waals surface area contributed by atoms with Crippen molar-refractivity contribution in [3.8, 4) is 11.3 Å². The fraction of sp³-hybridized carbons (Fsp3) is 0.357. The summed E-state index contributed by atoms with van der Waals surface area (Å²) in [5, 5.41) is 1.85. The van der Waals surface area contributed by atoms with Gasteiger partial charge < -0.3 is 5.73 Å². The normalized spacial score (nSPS) is 12.7. The molecule has 0 aliphatic rings. The number of nitrogens with two attached hydrogens (primary N) is 1. The Bertz CT molecular complexity index is 519. The zero-order chi connectivity index (χ0) is 13.1. The van der Waals surface area contributed by atoms with Gasteiger partial charge in [0.25, 0.3) is 0 Å². The number of hydrogen-bond acceptors (Lipinski definition) is 3. The van der Waals surface area contributed by atoms with Crippen LogP contribution in [0.25, 0.3) is 11.3 Å². The minimum Gasteiger partial charge on any atom is -0.330 e. The van der Waals surface area contributed by atoms with Crippen LogP contribution in [0, 0.1) is 6.92 Å². The van der Waals surface area contributed by atoms with Crippen molar-refractivity contribution < 1.29 is 0 Å². The van der Waals surface area contributed by atoms with Gasteiger partial charge in [0.1, 0.15) is 0 Å². The summed E-state index contributed by atoms with van der Waals surface area (Å²) in [6.07, 6.45) is 0.988. The third-order valence-electron chi connectivity index (χ3n) is 2.93. The summed E-state index contributed by atoms with van der Waals surface area (Å²) in [6, 6.07) is 7.86. The van der Waals surface area contributed by atoms with Gasteiger partial charge in [-0.15, -0.1) is 11.3 Å². The van der Waals surface area contributed by atoms with Crippen molar-refractivity contribution >= 4 is 22.9 Å². The molecule has 4 heteroatoms. The Morgan fingerprint density at radius 2 is 2.00 bits per heavy atom. The van der Waals surface area contributed by atoms with E-state index in [2.05, 4.69) is 11.9 Å². The first-order valence-electron chi connectivity index (χ1n) is 6.05. The summed E-state index contributed by atoms with van der Waals surface area (Å²) in [4.78, 5) is 5.97. The summed E-state index contributed by atoms with van der Waals surface area (Å²) in [6.45, 7) is 4.96. The van der Waals surface area contributed by atoms with E-state index in [4.69, 9.17) is 17.3 Å². The van der Waals surface area contributed by atoms with Crippen LogP contribution in [0.2, 0.25) is 5.02 Å². The monoisotopic (exact) mass is 280 g/mol. The lowest BCUT2D eigenvalue weighted by Crippen LogP contribution is -2.04. The minimum absolute atomic E-state index is 0.451. The Kier molecular flexibility index (Phi) is 4.38. The van der Waals surface area contributed by atoms with Gasteiger partial charge in [0.2, 0.25) is 0 Å². The number of aryl methyl sites for hydroxylation is 1. The zero-order valence-corrected chi connectivity index (χ0v) is 12.2. The average Bonchev–Trinajstić information content (AvgIpc) is 2.73. The average molecular weight is 281 g/mol. The van der Waals surface area contributed by atoms with Crippen molar-refractivity contribution in [3.05, 3.63) is 39.2 Å². The van der Waals surface area contributed by atoms with Gasteiger partial charge in [-0.2, -0.15) is 0 Å². The van der Waals surface area contributed by atoms with Gasteiger partial charge in [0.15, 0.2) is 0 Å². The van der Waals surface area contributed by atoms with Crippen LogP contribution in [-0.2, 0) is 0 Å². The highest BCUT2D eigenvalue weighted by molar-refractivity contribution is 7.12. The first-order valence-corrected chi connectivity index (χ1v) is 7.24. The molecule has 0 saturated carbocycles. The van der Waals surface area contributed by atoms with Crippen molar-refractivity contribution in [1.82, 2.24) is 4.98 Å². The standard InChI is InChI=1S/C14H17ClN2S/c1-9(7-8-16)14-13(17-10(2)18-14)11-3-5-12(15)6-4-11/h3-6,9H,7-8,16H2,1-2H3. The van der Waals surface area contributed by atoms with Crippen LogP contribution >= 0.6 is 22.9 Å². The highest BCUT2D eigenvalue weighted by Gasteiger charge is 2.16. The Balaban J connectivity index is 2.40. The van der Waals surface area contributed by atoms with Gasteiger partial charge in [-0.25, -0.2) is 4.98 Å². The van der Waals surface area contributed by atoms with E-state index < -0.39 is 0 Å². The van der Waals surface area contributed by atoms with Crippen LogP contribution < -0.4 is 5.73 Å². The van der Waals surface area contributed by atoms with Crippen LogP contribution in [0.3, 0.4) is 0 Å². The second-order valence-electron chi connectivity index (χ2n) is 4.43. The van der Waals surface area contributed by atoms with Crippen molar-refractivity contribution in [3.63, 3.8) is 0 Å². The second-order valence-corrected chi connectivity index (χ2v) is 6.10. The van der Waals surface area contributed by atoms with Crippen LogP contribution in [0.4, 0.5) is 0 Å². The highest BCUT2D eigenvalue weighted by atomic mass is 35.5. The lowest BCUT2D eigenvalue weighted by molar-refractivity contribution is 0.701. The van der Waals surface area contributed by atoms with Gasteiger partial charge >= 0.3 is 0 Å². The third kappa shape index (κ3) is 2.91. The molecule has 1 heterocycles. The van der Waals surface area contributed by atoms with Crippen molar-refractivity contribution in [2.45, 2.75) is 26.2 Å². The fourth-order valence-corrected chi connectivity index (χ4v) is 3.13. The lowest BCUT2D eigenvalue weighted by atomic mass is 10.0. The molecule has 0 saturated heterocycles. The molecule has 0 bridgehead atoms. The van der Waals surface area contributed by atoms with E-state index in [0.29, 0.717) is 12.5 Å². The number of aromatic nitrogens is 1. The summed E-state index contributed by atoms with van der Waals surface area (Å²) < 4.78 is 0. The minimum atomic E-state index is 0.451. The molecule has 0 spiro atoms. The second kappa shape index (κ2) is 5.83. The topological polar surface area (TPSA) is 38.9 Å². The Hall–Kier alpha value is -0.900. The zero-order valence-electron chi connectivity index (χ0n) is 10.6. The Morgan fingerprint density at radius 3 is 2.61 bits per heavy atom. The molecular formula is C14H17ClN2S. The summed E-state index contributed by atoms with van der Waals surface area (Å²) in [7, 11) is 0. The smallest absolute Gasteiger partial charge is 0.0904 e. The first-order chi connectivity index (χ1) is 8.61. The van der Waals surface area contributed by atoms with E-state index in [9.17, 15) is 0 Å².